The molecular weight excluding hydrogens is 226 g/mol. The maximum absolute atomic E-state index is 11.4. The summed E-state index contributed by atoms with van der Waals surface area (Å²) < 4.78 is 2.16. The number of carbonyl (C=O) groups is 1. The Morgan fingerprint density at radius 1 is 1.39 bits per heavy atom. The van der Waals surface area contributed by atoms with Crippen molar-refractivity contribution in [2.45, 2.75) is 19.3 Å². The fraction of sp³-hybridized carbons (Fsp3) is 0.429. The Hall–Kier alpha value is -1.84. The second-order valence-electron chi connectivity index (χ2n) is 4.97. The molecule has 1 fully saturated rings. The van der Waals surface area contributed by atoms with Crippen LogP contribution in [0.25, 0.3) is 11.0 Å². The van der Waals surface area contributed by atoms with Crippen LogP contribution in [0.5, 0.6) is 0 Å². The van der Waals surface area contributed by atoms with Crippen molar-refractivity contribution in [2.75, 3.05) is 13.1 Å². The third-order valence-electron chi connectivity index (χ3n) is 3.82. The number of hydrogen-bond acceptors (Lipinski definition) is 2. The molecule has 0 saturated carbocycles. The predicted molar refractivity (Wildman–Crippen MR) is 70.3 cm³/mol. The van der Waals surface area contributed by atoms with Crippen molar-refractivity contribution in [3.63, 3.8) is 0 Å². The summed E-state index contributed by atoms with van der Waals surface area (Å²) >= 11 is 0. The van der Waals surface area contributed by atoms with Crippen LogP contribution in [0.1, 0.15) is 25.1 Å². The Bertz CT molecular complexity index is 602. The van der Waals surface area contributed by atoms with Gasteiger partial charge in [-0.2, -0.15) is 0 Å². The second-order valence-corrected chi connectivity index (χ2v) is 4.97. The molecule has 0 N–H and O–H groups in total. The molecule has 18 heavy (non-hydrogen) atoms. The quantitative estimate of drug-likeness (QED) is 0.767. The second kappa shape index (κ2) is 4.12. The maximum atomic E-state index is 11.4. The normalized spacial score (nSPS) is 19.7. The van der Waals surface area contributed by atoms with Gasteiger partial charge in [0, 0.05) is 33.0 Å². The van der Waals surface area contributed by atoms with Gasteiger partial charge < -0.3 is 9.47 Å². The SMILES string of the molecule is CC(=O)N1CC[C@H](c2nc3ccccc3n2C)C1. The smallest absolute Gasteiger partial charge is 0.219 e. The number of fused-ring (bicyclic) bond motifs is 1. The first kappa shape index (κ1) is 11.3. The van der Waals surface area contributed by atoms with Crippen LogP contribution in [0.4, 0.5) is 0 Å². The van der Waals surface area contributed by atoms with Crippen LogP contribution < -0.4 is 0 Å². The lowest BCUT2D eigenvalue weighted by molar-refractivity contribution is -0.127. The van der Waals surface area contributed by atoms with Gasteiger partial charge in [-0.15, -0.1) is 0 Å². The summed E-state index contributed by atoms with van der Waals surface area (Å²) in [5.74, 6) is 1.63. The molecule has 3 rings (SSSR count). The van der Waals surface area contributed by atoms with E-state index in [1.165, 1.54) is 0 Å². The zero-order chi connectivity index (χ0) is 12.7. The first-order valence-electron chi connectivity index (χ1n) is 6.33. The number of carbonyl (C=O) groups excluding carboxylic acids is 1. The lowest BCUT2D eigenvalue weighted by Crippen LogP contribution is -2.25. The monoisotopic (exact) mass is 243 g/mol. The Morgan fingerprint density at radius 3 is 2.83 bits per heavy atom. The van der Waals surface area contributed by atoms with Crippen molar-refractivity contribution in [3.05, 3.63) is 30.1 Å². The molecule has 0 aliphatic carbocycles. The van der Waals surface area contributed by atoms with Gasteiger partial charge in [0.15, 0.2) is 0 Å². The molecule has 0 bridgehead atoms. The van der Waals surface area contributed by atoms with Gasteiger partial charge in [0.2, 0.25) is 5.91 Å². The zero-order valence-electron chi connectivity index (χ0n) is 10.8. The molecule has 1 atom stereocenters. The first-order chi connectivity index (χ1) is 8.66. The van der Waals surface area contributed by atoms with E-state index in [1.54, 1.807) is 6.92 Å². The van der Waals surface area contributed by atoms with Gasteiger partial charge in [0.25, 0.3) is 0 Å². The molecule has 1 aromatic carbocycles. The summed E-state index contributed by atoms with van der Waals surface area (Å²) in [4.78, 5) is 18.0. The average molecular weight is 243 g/mol. The minimum absolute atomic E-state index is 0.163. The van der Waals surface area contributed by atoms with Gasteiger partial charge in [-0.1, -0.05) is 12.1 Å². The van der Waals surface area contributed by atoms with E-state index >= 15 is 0 Å². The number of benzene rings is 1. The molecule has 1 aliphatic rings. The number of aromatic nitrogens is 2. The van der Waals surface area contributed by atoms with Crippen LogP contribution in [0.15, 0.2) is 24.3 Å². The number of likely N-dealkylation sites (tertiary alicyclic amines) is 1. The lowest BCUT2D eigenvalue weighted by atomic mass is 10.1. The van der Waals surface area contributed by atoms with Crippen LogP contribution >= 0.6 is 0 Å². The van der Waals surface area contributed by atoms with E-state index in [0.29, 0.717) is 5.92 Å². The maximum Gasteiger partial charge on any atom is 0.219 e. The molecule has 2 heterocycles. The molecule has 0 unspecified atom stereocenters. The third kappa shape index (κ3) is 1.68. The van der Waals surface area contributed by atoms with E-state index in [0.717, 1.165) is 36.4 Å². The first-order valence-corrected chi connectivity index (χ1v) is 6.33. The standard InChI is InChI=1S/C14H17N3O/c1-10(18)17-8-7-11(9-17)14-15-12-5-3-4-6-13(12)16(14)2/h3-6,11H,7-9H2,1-2H3/t11-/m0/s1. The van der Waals surface area contributed by atoms with Gasteiger partial charge in [0.1, 0.15) is 5.82 Å². The van der Waals surface area contributed by atoms with Crippen LogP contribution in [0, 0.1) is 0 Å². The van der Waals surface area contributed by atoms with Crippen molar-refractivity contribution >= 4 is 16.9 Å². The van der Waals surface area contributed by atoms with Crippen LogP contribution in [-0.2, 0) is 11.8 Å². The van der Waals surface area contributed by atoms with E-state index in [1.807, 2.05) is 23.1 Å². The summed E-state index contributed by atoms with van der Waals surface area (Å²) in [5.41, 5.74) is 2.20. The van der Waals surface area contributed by atoms with Gasteiger partial charge in [-0.3, -0.25) is 4.79 Å². The van der Waals surface area contributed by atoms with Crippen molar-refractivity contribution < 1.29 is 4.79 Å². The largest absolute Gasteiger partial charge is 0.342 e. The highest BCUT2D eigenvalue weighted by atomic mass is 16.2. The van der Waals surface area contributed by atoms with Gasteiger partial charge in [0.05, 0.1) is 11.0 Å². The lowest BCUT2D eigenvalue weighted by Gasteiger charge is -2.13. The summed E-state index contributed by atoms with van der Waals surface area (Å²) in [6, 6.07) is 8.17. The van der Waals surface area contributed by atoms with Crippen molar-refractivity contribution in [3.8, 4) is 0 Å². The fourth-order valence-corrected chi connectivity index (χ4v) is 2.79. The summed E-state index contributed by atoms with van der Waals surface area (Å²) in [5, 5.41) is 0. The van der Waals surface area contributed by atoms with Gasteiger partial charge >= 0.3 is 0 Å². The van der Waals surface area contributed by atoms with E-state index < -0.39 is 0 Å². The Balaban J connectivity index is 1.96. The Labute approximate surface area is 106 Å². The number of imidazole rings is 1. The van der Waals surface area contributed by atoms with E-state index in [9.17, 15) is 4.79 Å². The fourth-order valence-electron chi connectivity index (χ4n) is 2.79. The average Bonchev–Trinajstić information content (AvgIpc) is 2.95. The summed E-state index contributed by atoms with van der Waals surface area (Å²) in [7, 11) is 2.06. The van der Waals surface area contributed by atoms with E-state index in [4.69, 9.17) is 4.98 Å². The summed E-state index contributed by atoms with van der Waals surface area (Å²) in [6.45, 7) is 3.28. The van der Waals surface area contributed by atoms with Crippen molar-refractivity contribution in [1.29, 1.82) is 0 Å². The van der Waals surface area contributed by atoms with Gasteiger partial charge in [-0.05, 0) is 18.6 Å². The van der Waals surface area contributed by atoms with Crippen molar-refractivity contribution in [1.82, 2.24) is 14.5 Å². The molecule has 4 nitrogen and oxygen atoms in total. The molecule has 0 spiro atoms. The molecule has 94 valence electrons. The molecule has 1 aliphatic heterocycles. The molecule has 0 radical (unpaired) electrons. The number of rotatable bonds is 1. The number of aryl methyl sites for hydroxylation is 1. The highest BCUT2D eigenvalue weighted by Gasteiger charge is 2.28. The molecule has 1 aromatic heterocycles. The third-order valence-corrected chi connectivity index (χ3v) is 3.82. The number of hydrogen-bond donors (Lipinski definition) is 0. The van der Waals surface area contributed by atoms with Crippen LogP contribution in [0.2, 0.25) is 0 Å². The van der Waals surface area contributed by atoms with Crippen LogP contribution in [-0.4, -0.2) is 33.4 Å². The minimum atomic E-state index is 0.163. The molecule has 4 heteroatoms. The Morgan fingerprint density at radius 2 is 2.17 bits per heavy atom. The highest BCUT2D eigenvalue weighted by molar-refractivity contribution is 5.76. The molecule has 2 aromatic rings. The molecular formula is C14H17N3O. The summed E-state index contributed by atoms with van der Waals surface area (Å²) in [6.07, 6.45) is 1.01. The zero-order valence-corrected chi connectivity index (χ0v) is 10.8. The number of amides is 1. The number of nitrogens with zero attached hydrogens (tertiary/aromatic N) is 3. The topological polar surface area (TPSA) is 38.1 Å². The Kier molecular flexibility index (Phi) is 2.58. The van der Waals surface area contributed by atoms with Crippen molar-refractivity contribution in [2.24, 2.45) is 7.05 Å². The van der Waals surface area contributed by atoms with Crippen LogP contribution in [0.3, 0.4) is 0 Å². The number of para-hydroxylation sites is 2. The molecule has 1 saturated heterocycles. The van der Waals surface area contributed by atoms with E-state index in [-0.39, 0.29) is 5.91 Å². The predicted octanol–water partition coefficient (Wildman–Crippen LogP) is 1.91. The highest BCUT2D eigenvalue weighted by Crippen LogP contribution is 2.28. The van der Waals surface area contributed by atoms with Gasteiger partial charge in [-0.25, -0.2) is 4.98 Å². The molecule has 1 amide bonds. The van der Waals surface area contributed by atoms with E-state index in [2.05, 4.69) is 17.7 Å². The minimum Gasteiger partial charge on any atom is -0.342 e.